The first-order valence-electron chi connectivity index (χ1n) is 7.64. The van der Waals surface area contributed by atoms with Gasteiger partial charge in [-0.25, -0.2) is 4.79 Å². The van der Waals surface area contributed by atoms with E-state index in [9.17, 15) is 9.59 Å². The molecule has 6 nitrogen and oxygen atoms in total. The van der Waals surface area contributed by atoms with Crippen molar-refractivity contribution in [2.24, 2.45) is 0 Å². The summed E-state index contributed by atoms with van der Waals surface area (Å²) in [7, 11) is 0. The second kappa shape index (κ2) is 8.19. The van der Waals surface area contributed by atoms with Crippen LogP contribution in [0.15, 0.2) is 28.7 Å². The summed E-state index contributed by atoms with van der Waals surface area (Å²) in [6.07, 6.45) is -0.885. The van der Waals surface area contributed by atoms with Gasteiger partial charge in [0, 0.05) is 30.7 Å². The molecule has 126 valence electrons. The zero-order valence-corrected chi connectivity index (χ0v) is 14.9. The predicted molar refractivity (Wildman–Crippen MR) is 89.4 cm³/mol. The summed E-state index contributed by atoms with van der Waals surface area (Å²) in [6.45, 7) is 5.82. The third kappa shape index (κ3) is 4.86. The van der Waals surface area contributed by atoms with Gasteiger partial charge in [0.1, 0.15) is 5.75 Å². The Morgan fingerprint density at radius 3 is 2.26 bits per heavy atom. The Balaban J connectivity index is 1.84. The molecule has 1 aliphatic rings. The highest BCUT2D eigenvalue weighted by molar-refractivity contribution is 9.10. The van der Waals surface area contributed by atoms with Crippen LogP contribution >= 0.6 is 15.9 Å². The SMILES string of the molecule is CCOC(=O)N1CCN(C(=O)[C@H](C)Oc2ccc(Br)cc2)CC1. The van der Waals surface area contributed by atoms with Crippen LogP contribution in [-0.2, 0) is 9.53 Å². The lowest BCUT2D eigenvalue weighted by Gasteiger charge is -2.35. The number of hydrogen-bond donors (Lipinski definition) is 0. The number of hydrogen-bond acceptors (Lipinski definition) is 4. The maximum Gasteiger partial charge on any atom is 0.409 e. The van der Waals surface area contributed by atoms with E-state index < -0.39 is 6.10 Å². The van der Waals surface area contributed by atoms with Gasteiger partial charge in [-0.05, 0) is 38.1 Å². The number of carbonyl (C=O) groups is 2. The van der Waals surface area contributed by atoms with Gasteiger partial charge in [-0.15, -0.1) is 0 Å². The van der Waals surface area contributed by atoms with Gasteiger partial charge in [-0.1, -0.05) is 15.9 Å². The third-order valence-corrected chi connectivity index (χ3v) is 4.12. The van der Waals surface area contributed by atoms with E-state index in [4.69, 9.17) is 9.47 Å². The van der Waals surface area contributed by atoms with Gasteiger partial charge in [0.05, 0.1) is 6.61 Å². The Labute approximate surface area is 144 Å². The molecule has 1 aliphatic heterocycles. The van der Waals surface area contributed by atoms with Gasteiger partial charge in [-0.2, -0.15) is 0 Å². The number of rotatable bonds is 4. The highest BCUT2D eigenvalue weighted by atomic mass is 79.9. The van der Waals surface area contributed by atoms with Crippen molar-refractivity contribution in [3.63, 3.8) is 0 Å². The highest BCUT2D eigenvalue weighted by Crippen LogP contribution is 2.18. The molecule has 0 spiro atoms. The fourth-order valence-corrected chi connectivity index (χ4v) is 2.61. The minimum atomic E-state index is -0.565. The summed E-state index contributed by atoms with van der Waals surface area (Å²) in [5.41, 5.74) is 0. The van der Waals surface area contributed by atoms with Gasteiger partial charge in [0.25, 0.3) is 5.91 Å². The van der Waals surface area contributed by atoms with E-state index in [0.29, 0.717) is 38.5 Å². The molecule has 1 saturated heterocycles. The van der Waals surface area contributed by atoms with Crippen LogP contribution < -0.4 is 4.74 Å². The van der Waals surface area contributed by atoms with Crippen LogP contribution in [0.2, 0.25) is 0 Å². The average molecular weight is 385 g/mol. The van der Waals surface area contributed by atoms with Gasteiger partial charge >= 0.3 is 6.09 Å². The Bertz CT molecular complexity index is 542. The van der Waals surface area contributed by atoms with E-state index in [1.807, 2.05) is 24.3 Å². The molecule has 0 radical (unpaired) electrons. The van der Waals surface area contributed by atoms with Gasteiger partial charge in [0.15, 0.2) is 6.10 Å². The van der Waals surface area contributed by atoms with Gasteiger partial charge in [-0.3, -0.25) is 4.79 Å². The average Bonchev–Trinajstić information content (AvgIpc) is 2.56. The molecule has 0 unspecified atom stereocenters. The molecular formula is C16H21BrN2O4. The molecule has 23 heavy (non-hydrogen) atoms. The lowest BCUT2D eigenvalue weighted by atomic mass is 10.2. The number of nitrogens with zero attached hydrogens (tertiary/aromatic N) is 2. The van der Waals surface area contributed by atoms with E-state index >= 15 is 0 Å². The van der Waals surface area contributed by atoms with Crippen molar-refractivity contribution in [3.05, 3.63) is 28.7 Å². The van der Waals surface area contributed by atoms with Crippen LogP contribution in [0.3, 0.4) is 0 Å². The molecule has 7 heteroatoms. The highest BCUT2D eigenvalue weighted by Gasteiger charge is 2.28. The van der Waals surface area contributed by atoms with Crippen LogP contribution in [0, 0.1) is 0 Å². The number of halogens is 1. The molecule has 0 N–H and O–H groups in total. The smallest absolute Gasteiger partial charge is 0.409 e. The van der Waals surface area contributed by atoms with Crippen LogP contribution in [0.5, 0.6) is 5.75 Å². The minimum absolute atomic E-state index is 0.0728. The molecular weight excluding hydrogens is 364 g/mol. The van der Waals surface area contributed by atoms with E-state index in [1.165, 1.54) is 0 Å². The first-order chi connectivity index (χ1) is 11.0. The molecule has 0 aromatic heterocycles. The molecule has 1 fully saturated rings. The topological polar surface area (TPSA) is 59.1 Å². The van der Waals surface area contributed by atoms with Crippen LogP contribution in [0.4, 0.5) is 4.79 Å². The number of carbonyl (C=O) groups excluding carboxylic acids is 2. The van der Waals surface area contributed by atoms with Crippen molar-refractivity contribution in [2.45, 2.75) is 20.0 Å². The van der Waals surface area contributed by atoms with Crippen molar-refractivity contribution >= 4 is 27.9 Å². The molecule has 0 bridgehead atoms. The van der Waals surface area contributed by atoms with E-state index in [0.717, 1.165) is 4.47 Å². The normalized spacial score (nSPS) is 16.0. The van der Waals surface area contributed by atoms with Gasteiger partial charge in [0.2, 0.25) is 0 Å². The Hall–Kier alpha value is -1.76. The van der Waals surface area contributed by atoms with Crippen molar-refractivity contribution in [1.29, 1.82) is 0 Å². The summed E-state index contributed by atoms with van der Waals surface area (Å²) in [4.78, 5) is 27.4. The standard InChI is InChI=1S/C16H21BrN2O4/c1-3-22-16(21)19-10-8-18(9-11-19)15(20)12(2)23-14-6-4-13(17)5-7-14/h4-7,12H,3,8-11H2,1-2H3/t12-/m0/s1. The zero-order chi connectivity index (χ0) is 16.8. The molecule has 2 rings (SSSR count). The first-order valence-corrected chi connectivity index (χ1v) is 8.43. The Morgan fingerprint density at radius 2 is 1.70 bits per heavy atom. The second-order valence-electron chi connectivity index (χ2n) is 5.23. The summed E-state index contributed by atoms with van der Waals surface area (Å²) >= 11 is 3.36. The summed E-state index contributed by atoms with van der Waals surface area (Å²) in [6, 6.07) is 7.36. The number of ether oxygens (including phenoxy) is 2. The van der Waals surface area contributed by atoms with Gasteiger partial charge < -0.3 is 19.3 Å². The molecule has 2 amide bonds. The molecule has 1 aromatic carbocycles. The Morgan fingerprint density at radius 1 is 1.13 bits per heavy atom. The van der Waals surface area contributed by atoms with E-state index in [1.54, 1.807) is 23.6 Å². The van der Waals surface area contributed by atoms with Crippen molar-refractivity contribution in [2.75, 3.05) is 32.8 Å². The minimum Gasteiger partial charge on any atom is -0.481 e. The number of benzene rings is 1. The fourth-order valence-electron chi connectivity index (χ4n) is 2.35. The molecule has 0 aliphatic carbocycles. The van der Waals surface area contributed by atoms with E-state index in [-0.39, 0.29) is 12.0 Å². The maximum atomic E-state index is 12.4. The maximum absolute atomic E-state index is 12.4. The predicted octanol–water partition coefficient (Wildman–Crippen LogP) is 2.52. The monoisotopic (exact) mass is 384 g/mol. The quantitative estimate of drug-likeness (QED) is 0.799. The molecule has 1 heterocycles. The third-order valence-electron chi connectivity index (χ3n) is 3.59. The summed E-state index contributed by atoms with van der Waals surface area (Å²) < 4.78 is 11.6. The van der Waals surface area contributed by atoms with Crippen molar-refractivity contribution in [3.8, 4) is 5.75 Å². The molecule has 1 aromatic rings. The largest absolute Gasteiger partial charge is 0.481 e. The number of piperazine rings is 1. The fraction of sp³-hybridized carbons (Fsp3) is 0.500. The van der Waals surface area contributed by atoms with Crippen molar-refractivity contribution in [1.82, 2.24) is 9.80 Å². The lowest BCUT2D eigenvalue weighted by molar-refractivity contribution is -0.139. The van der Waals surface area contributed by atoms with Crippen molar-refractivity contribution < 1.29 is 19.1 Å². The first kappa shape index (κ1) is 17.6. The Kier molecular flexibility index (Phi) is 6.27. The number of amides is 2. The van der Waals surface area contributed by atoms with E-state index in [2.05, 4.69) is 15.9 Å². The lowest BCUT2D eigenvalue weighted by Crippen LogP contribution is -2.53. The summed E-state index contributed by atoms with van der Waals surface area (Å²) in [5.74, 6) is 0.579. The second-order valence-corrected chi connectivity index (χ2v) is 6.14. The van der Waals surface area contributed by atoms with Crippen LogP contribution in [0.1, 0.15) is 13.8 Å². The zero-order valence-electron chi connectivity index (χ0n) is 13.3. The molecule has 1 atom stereocenters. The summed E-state index contributed by atoms with van der Waals surface area (Å²) in [5, 5.41) is 0. The van der Waals surface area contributed by atoms with Crippen LogP contribution in [0.25, 0.3) is 0 Å². The molecule has 0 saturated carbocycles. The van der Waals surface area contributed by atoms with Crippen LogP contribution in [-0.4, -0.2) is 60.7 Å².